The second kappa shape index (κ2) is 6.62. The lowest BCUT2D eigenvalue weighted by Gasteiger charge is -2.07. The molecule has 2 heteroatoms. The Hall–Kier alpha value is -0.0800. The largest absolute Gasteiger partial charge is 0.380 e. The van der Waals surface area contributed by atoms with E-state index in [1.165, 1.54) is 6.42 Å². The van der Waals surface area contributed by atoms with Crippen molar-refractivity contribution >= 4 is 0 Å². The third-order valence-electron chi connectivity index (χ3n) is 1.45. The van der Waals surface area contributed by atoms with Crippen molar-refractivity contribution in [1.82, 2.24) is 0 Å². The maximum Gasteiger partial charge on any atom is 0.0614 e. The monoisotopic (exact) mass is 159 g/mol. The van der Waals surface area contributed by atoms with Gasteiger partial charge in [0.2, 0.25) is 0 Å². The van der Waals surface area contributed by atoms with Gasteiger partial charge >= 0.3 is 0 Å². The molecule has 0 saturated heterocycles. The average molecular weight is 159 g/mol. The molecule has 0 aliphatic heterocycles. The predicted octanol–water partition coefficient (Wildman–Crippen LogP) is 1.79. The van der Waals surface area contributed by atoms with Gasteiger partial charge in [-0.3, -0.25) is 0 Å². The molecule has 2 N–H and O–H groups in total. The van der Waals surface area contributed by atoms with Gasteiger partial charge in [-0.05, 0) is 25.7 Å². The second-order valence-corrected chi connectivity index (χ2v) is 3.59. The molecule has 0 spiro atoms. The van der Waals surface area contributed by atoms with Gasteiger partial charge in [0.05, 0.1) is 6.61 Å². The van der Waals surface area contributed by atoms with Crippen LogP contribution in [0.15, 0.2) is 0 Å². The van der Waals surface area contributed by atoms with Crippen LogP contribution in [0.25, 0.3) is 0 Å². The van der Waals surface area contributed by atoms with Gasteiger partial charge in [0.25, 0.3) is 0 Å². The first-order valence-corrected chi connectivity index (χ1v) is 4.46. The first kappa shape index (κ1) is 10.9. The van der Waals surface area contributed by atoms with E-state index < -0.39 is 0 Å². The molecule has 0 rings (SSSR count). The molecule has 0 saturated carbocycles. The SMILES string of the molecule is CC(C)CCCOC[C@@H](C)N. The topological polar surface area (TPSA) is 35.2 Å². The number of hydrogen-bond donors (Lipinski definition) is 1. The van der Waals surface area contributed by atoms with Crippen LogP contribution in [0.4, 0.5) is 0 Å². The summed E-state index contributed by atoms with van der Waals surface area (Å²) in [5, 5.41) is 0. The molecule has 1 atom stereocenters. The Bertz CT molecular complexity index is 71.6. The minimum Gasteiger partial charge on any atom is -0.380 e. The van der Waals surface area contributed by atoms with Crippen LogP contribution in [0.3, 0.4) is 0 Å². The summed E-state index contributed by atoms with van der Waals surface area (Å²) in [6, 6.07) is 0.175. The molecule has 0 aromatic rings. The zero-order chi connectivity index (χ0) is 8.69. The van der Waals surface area contributed by atoms with Gasteiger partial charge in [0, 0.05) is 12.6 Å². The second-order valence-electron chi connectivity index (χ2n) is 3.59. The zero-order valence-corrected chi connectivity index (χ0v) is 7.97. The predicted molar refractivity (Wildman–Crippen MR) is 48.5 cm³/mol. The third kappa shape index (κ3) is 9.92. The molecule has 0 radical (unpaired) electrons. The highest BCUT2D eigenvalue weighted by atomic mass is 16.5. The van der Waals surface area contributed by atoms with Gasteiger partial charge in [-0.15, -0.1) is 0 Å². The number of rotatable bonds is 6. The van der Waals surface area contributed by atoms with E-state index in [0.29, 0.717) is 6.61 Å². The Balaban J connectivity index is 2.91. The summed E-state index contributed by atoms with van der Waals surface area (Å²) in [4.78, 5) is 0. The van der Waals surface area contributed by atoms with Crippen molar-refractivity contribution in [2.45, 2.75) is 39.7 Å². The van der Waals surface area contributed by atoms with Crippen molar-refractivity contribution in [2.75, 3.05) is 13.2 Å². The van der Waals surface area contributed by atoms with Crippen LogP contribution >= 0.6 is 0 Å². The molecule has 2 nitrogen and oxygen atoms in total. The van der Waals surface area contributed by atoms with Gasteiger partial charge in [-0.2, -0.15) is 0 Å². The van der Waals surface area contributed by atoms with E-state index in [-0.39, 0.29) is 6.04 Å². The summed E-state index contributed by atoms with van der Waals surface area (Å²) in [7, 11) is 0. The zero-order valence-electron chi connectivity index (χ0n) is 7.97. The van der Waals surface area contributed by atoms with Crippen LogP contribution < -0.4 is 5.73 Å². The highest BCUT2D eigenvalue weighted by Crippen LogP contribution is 2.02. The standard InChI is InChI=1S/C9H21NO/c1-8(2)5-4-6-11-7-9(3)10/h8-9H,4-7,10H2,1-3H3/t9-/m1/s1. The van der Waals surface area contributed by atoms with E-state index in [1.54, 1.807) is 0 Å². The highest BCUT2D eigenvalue weighted by Gasteiger charge is 1.95. The van der Waals surface area contributed by atoms with E-state index >= 15 is 0 Å². The van der Waals surface area contributed by atoms with Crippen LogP contribution in [0, 0.1) is 5.92 Å². The Labute approximate surface area is 70.1 Å². The molecule has 0 amide bonds. The highest BCUT2D eigenvalue weighted by molar-refractivity contribution is 4.49. The van der Waals surface area contributed by atoms with Crippen molar-refractivity contribution in [2.24, 2.45) is 11.7 Å². The summed E-state index contributed by atoms with van der Waals surface area (Å²) in [6.45, 7) is 7.97. The molecule has 0 aromatic heterocycles. The quantitative estimate of drug-likeness (QED) is 0.600. The average Bonchev–Trinajstić information content (AvgIpc) is 1.85. The van der Waals surface area contributed by atoms with Crippen molar-refractivity contribution in [3.63, 3.8) is 0 Å². The Morgan fingerprint density at radius 2 is 1.91 bits per heavy atom. The Morgan fingerprint density at radius 3 is 2.36 bits per heavy atom. The third-order valence-corrected chi connectivity index (χ3v) is 1.45. The van der Waals surface area contributed by atoms with Gasteiger partial charge in [0.15, 0.2) is 0 Å². The van der Waals surface area contributed by atoms with Crippen LogP contribution in [0.2, 0.25) is 0 Å². The van der Waals surface area contributed by atoms with Crippen LogP contribution in [-0.4, -0.2) is 19.3 Å². The van der Waals surface area contributed by atoms with Crippen molar-refractivity contribution in [3.05, 3.63) is 0 Å². The summed E-state index contributed by atoms with van der Waals surface area (Å²) in [5.41, 5.74) is 5.51. The van der Waals surface area contributed by atoms with Gasteiger partial charge in [0.1, 0.15) is 0 Å². The molecule has 0 bridgehead atoms. The lowest BCUT2D eigenvalue weighted by atomic mass is 10.1. The lowest BCUT2D eigenvalue weighted by Crippen LogP contribution is -2.22. The molecule has 11 heavy (non-hydrogen) atoms. The molecule has 0 aliphatic carbocycles. The number of nitrogens with two attached hydrogens (primary N) is 1. The Kier molecular flexibility index (Phi) is 6.57. The number of hydrogen-bond acceptors (Lipinski definition) is 2. The fourth-order valence-corrected chi connectivity index (χ4v) is 0.863. The summed E-state index contributed by atoms with van der Waals surface area (Å²) >= 11 is 0. The Morgan fingerprint density at radius 1 is 1.27 bits per heavy atom. The number of ether oxygens (including phenoxy) is 1. The van der Waals surface area contributed by atoms with E-state index in [9.17, 15) is 0 Å². The normalized spacial score (nSPS) is 13.9. The molecular weight excluding hydrogens is 138 g/mol. The molecule has 0 unspecified atom stereocenters. The molecule has 68 valence electrons. The van der Waals surface area contributed by atoms with Gasteiger partial charge in [-0.25, -0.2) is 0 Å². The maximum absolute atomic E-state index is 5.51. The van der Waals surface area contributed by atoms with E-state index in [4.69, 9.17) is 10.5 Å². The molecule has 0 aliphatic rings. The van der Waals surface area contributed by atoms with Crippen molar-refractivity contribution in [1.29, 1.82) is 0 Å². The van der Waals surface area contributed by atoms with Crippen LogP contribution in [0.5, 0.6) is 0 Å². The van der Waals surface area contributed by atoms with E-state index in [1.807, 2.05) is 6.92 Å². The first-order valence-electron chi connectivity index (χ1n) is 4.46. The fraction of sp³-hybridized carbons (Fsp3) is 1.00. The summed E-state index contributed by atoms with van der Waals surface area (Å²) in [6.07, 6.45) is 2.41. The van der Waals surface area contributed by atoms with E-state index in [2.05, 4.69) is 13.8 Å². The van der Waals surface area contributed by atoms with Crippen LogP contribution in [0.1, 0.15) is 33.6 Å². The van der Waals surface area contributed by atoms with Gasteiger partial charge in [-0.1, -0.05) is 13.8 Å². The van der Waals surface area contributed by atoms with Gasteiger partial charge < -0.3 is 10.5 Å². The minimum atomic E-state index is 0.175. The van der Waals surface area contributed by atoms with E-state index in [0.717, 1.165) is 18.9 Å². The summed E-state index contributed by atoms with van der Waals surface area (Å²) < 4.78 is 5.32. The molecule has 0 aromatic carbocycles. The smallest absolute Gasteiger partial charge is 0.0614 e. The first-order chi connectivity index (χ1) is 5.13. The molecular formula is C9H21NO. The van der Waals surface area contributed by atoms with Crippen molar-refractivity contribution in [3.8, 4) is 0 Å². The summed E-state index contributed by atoms with van der Waals surface area (Å²) in [5.74, 6) is 0.786. The lowest BCUT2D eigenvalue weighted by molar-refractivity contribution is 0.118. The fourth-order valence-electron chi connectivity index (χ4n) is 0.863. The molecule has 0 fully saturated rings. The van der Waals surface area contributed by atoms with Crippen molar-refractivity contribution < 1.29 is 4.74 Å². The minimum absolute atomic E-state index is 0.175. The molecule has 0 heterocycles. The van der Waals surface area contributed by atoms with Crippen LogP contribution in [-0.2, 0) is 4.74 Å². The maximum atomic E-state index is 5.51.